The fourth-order valence-electron chi connectivity index (χ4n) is 2.46. The number of hydrazine groups is 1. The van der Waals surface area contributed by atoms with E-state index in [9.17, 15) is 4.79 Å². The molecule has 132 valence electrons. The topological polar surface area (TPSA) is 97.6 Å². The van der Waals surface area contributed by atoms with E-state index in [1.165, 1.54) is 0 Å². The summed E-state index contributed by atoms with van der Waals surface area (Å²) in [5.41, 5.74) is 6.81. The summed E-state index contributed by atoms with van der Waals surface area (Å²) in [5.74, 6) is 0.384. The van der Waals surface area contributed by atoms with Crippen molar-refractivity contribution >= 4 is 11.9 Å². The number of hydrogen-bond acceptors (Lipinski definition) is 6. The number of nitrogens with zero attached hydrogens (tertiary/aromatic N) is 5. The molecular formula is C19H15N7O. The van der Waals surface area contributed by atoms with Crippen molar-refractivity contribution < 1.29 is 4.79 Å². The smallest absolute Gasteiger partial charge is 0.265 e. The minimum atomic E-state index is -0.491. The number of amides is 1. The summed E-state index contributed by atoms with van der Waals surface area (Å²) in [7, 11) is 0. The van der Waals surface area contributed by atoms with E-state index < -0.39 is 5.91 Å². The molecular weight excluding hydrogens is 342 g/mol. The summed E-state index contributed by atoms with van der Waals surface area (Å²) >= 11 is 0. The van der Waals surface area contributed by atoms with Gasteiger partial charge in [-0.2, -0.15) is 0 Å². The van der Waals surface area contributed by atoms with Crippen molar-refractivity contribution in [3.8, 4) is 17.1 Å². The first-order valence-electron chi connectivity index (χ1n) is 8.22. The quantitative estimate of drug-likeness (QED) is 0.533. The van der Waals surface area contributed by atoms with Crippen LogP contribution in [0.2, 0.25) is 0 Å². The molecule has 0 saturated carbocycles. The van der Waals surface area contributed by atoms with E-state index in [0.717, 1.165) is 11.3 Å². The molecule has 0 aliphatic carbocycles. The normalized spacial score (nSPS) is 10.4. The van der Waals surface area contributed by atoms with Crippen LogP contribution in [0.4, 0.5) is 5.95 Å². The van der Waals surface area contributed by atoms with Crippen LogP contribution in [0.3, 0.4) is 0 Å². The van der Waals surface area contributed by atoms with Gasteiger partial charge < -0.3 is 0 Å². The zero-order chi connectivity index (χ0) is 18.5. The van der Waals surface area contributed by atoms with Gasteiger partial charge in [0.25, 0.3) is 0 Å². The number of rotatable bonds is 5. The van der Waals surface area contributed by atoms with Crippen LogP contribution in [0.25, 0.3) is 17.1 Å². The number of aromatic nitrogens is 5. The van der Waals surface area contributed by atoms with E-state index in [-0.39, 0.29) is 11.8 Å². The van der Waals surface area contributed by atoms with Crippen LogP contribution in [-0.4, -0.2) is 30.6 Å². The Balaban J connectivity index is 1.66. The van der Waals surface area contributed by atoms with Gasteiger partial charge in [0.2, 0.25) is 11.8 Å². The van der Waals surface area contributed by atoms with Crippen LogP contribution in [-0.2, 0) is 0 Å². The van der Waals surface area contributed by atoms with E-state index in [1.807, 2.05) is 60.7 Å². The molecule has 27 heavy (non-hydrogen) atoms. The van der Waals surface area contributed by atoms with E-state index in [2.05, 4.69) is 30.9 Å². The monoisotopic (exact) mass is 357 g/mol. The largest absolute Gasteiger partial charge is 0.309 e. The molecule has 4 rings (SSSR count). The molecule has 0 unspecified atom stereocenters. The van der Waals surface area contributed by atoms with Gasteiger partial charge in [-0.15, -0.1) is 5.10 Å². The minimum Gasteiger partial charge on any atom is -0.265 e. The highest BCUT2D eigenvalue weighted by molar-refractivity contribution is 5.91. The Hall–Kier alpha value is -4.07. The first-order chi connectivity index (χ1) is 13.3. The molecule has 0 saturated heterocycles. The van der Waals surface area contributed by atoms with Crippen molar-refractivity contribution in [2.75, 3.05) is 5.43 Å². The number of anilines is 1. The zero-order valence-electron chi connectivity index (χ0n) is 14.1. The number of hydrogen-bond donors (Lipinski definition) is 2. The van der Waals surface area contributed by atoms with Crippen LogP contribution in [0.5, 0.6) is 0 Å². The van der Waals surface area contributed by atoms with Gasteiger partial charge in [0, 0.05) is 18.0 Å². The lowest BCUT2D eigenvalue weighted by atomic mass is 10.2. The third-order valence-corrected chi connectivity index (χ3v) is 3.70. The summed E-state index contributed by atoms with van der Waals surface area (Å²) < 4.78 is 1.64. The molecule has 2 heterocycles. The molecule has 2 aromatic carbocycles. The highest BCUT2D eigenvalue weighted by Crippen LogP contribution is 2.20. The minimum absolute atomic E-state index is 0.0288. The Bertz CT molecular complexity index is 977. The third kappa shape index (κ3) is 3.64. The molecule has 0 spiro atoms. The van der Waals surface area contributed by atoms with Crippen LogP contribution in [0.15, 0.2) is 79.1 Å². The van der Waals surface area contributed by atoms with Gasteiger partial charge in [-0.3, -0.25) is 15.6 Å². The molecule has 2 aromatic heterocycles. The van der Waals surface area contributed by atoms with E-state index in [0.29, 0.717) is 5.82 Å². The summed E-state index contributed by atoms with van der Waals surface area (Å²) in [5, 5.41) is 4.38. The molecule has 0 aliphatic rings. The Kier molecular flexibility index (Phi) is 4.52. The van der Waals surface area contributed by atoms with Gasteiger partial charge in [-0.1, -0.05) is 48.5 Å². The molecule has 0 atom stereocenters. The lowest BCUT2D eigenvalue weighted by Crippen LogP contribution is -2.31. The summed E-state index contributed by atoms with van der Waals surface area (Å²) in [4.78, 5) is 24.9. The van der Waals surface area contributed by atoms with Gasteiger partial charge >= 0.3 is 5.91 Å². The Morgan fingerprint density at radius 3 is 2.22 bits per heavy atom. The van der Waals surface area contributed by atoms with Crippen molar-refractivity contribution in [2.24, 2.45) is 0 Å². The average Bonchev–Trinajstić information content (AvgIpc) is 3.20. The van der Waals surface area contributed by atoms with Crippen LogP contribution < -0.4 is 10.9 Å². The highest BCUT2D eigenvalue weighted by Gasteiger charge is 2.18. The maximum Gasteiger partial charge on any atom is 0.309 e. The second kappa shape index (κ2) is 7.44. The summed E-state index contributed by atoms with van der Waals surface area (Å²) in [6.45, 7) is 0. The SMILES string of the molecule is O=C(NNc1ncccn1)c1nc(-c2ccccc2)n(-c2ccccc2)n1. The molecule has 8 heteroatoms. The number of benzene rings is 2. The Labute approximate surface area is 154 Å². The Morgan fingerprint density at radius 2 is 1.52 bits per heavy atom. The van der Waals surface area contributed by atoms with Crippen LogP contribution in [0.1, 0.15) is 10.6 Å². The predicted molar refractivity (Wildman–Crippen MR) is 99.9 cm³/mol. The second-order valence-electron chi connectivity index (χ2n) is 5.52. The van der Waals surface area contributed by atoms with Crippen molar-refractivity contribution in [3.05, 3.63) is 84.9 Å². The average molecular weight is 357 g/mol. The van der Waals surface area contributed by atoms with Crippen LogP contribution in [0, 0.1) is 0 Å². The fourth-order valence-corrected chi connectivity index (χ4v) is 2.46. The molecule has 0 bridgehead atoms. The molecule has 0 aliphatic heterocycles. The molecule has 4 aromatic rings. The molecule has 8 nitrogen and oxygen atoms in total. The fraction of sp³-hybridized carbons (Fsp3) is 0. The number of nitrogens with one attached hydrogen (secondary N) is 2. The maximum absolute atomic E-state index is 12.5. The first-order valence-corrected chi connectivity index (χ1v) is 8.22. The first kappa shape index (κ1) is 16.4. The molecule has 1 amide bonds. The predicted octanol–water partition coefficient (Wildman–Crippen LogP) is 2.48. The van der Waals surface area contributed by atoms with E-state index in [1.54, 1.807) is 23.1 Å². The lowest BCUT2D eigenvalue weighted by Gasteiger charge is -2.05. The third-order valence-electron chi connectivity index (χ3n) is 3.70. The maximum atomic E-state index is 12.5. The van der Waals surface area contributed by atoms with Gasteiger partial charge in [0.15, 0.2) is 5.82 Å². The number of para-hydroxylation sites is 1. The summed E-state index contributed by atoms with van der Waals surface area (Å²) in [6, 6.07) is 20.8. The van der Waals surface area contributed by atoms with Crippen molar-refractivity contribution in [3.63, 3.8) is 0 Å². The number of carbonyl (C=O) groups is 1. The second-order valence-corrected chi connectivity index (χ2v) is 5.52. The van der Waals surface area contributed by atoms with E-state index >= 15 is 0 Å². The number of carbonyl (C=O) groups excluding carboxylic acids is 1. The lowest BCUT2D eigenvalue weighted by molar-refractivity contribution is 0.0952. The molecule has 2 N–H and O–H groups in total. The van der Waals surface area contributed by atoms with Gasteiger partial charge in [-0.25, -0.2) is 19.6 Å². The van der Waals surface area contributed by atoms with E-state index in [4.69, 9.17) is 0 Å². The van der Waals surface area contributed by atoms with Crippen molar-refractivity contribution in [1.82, 2.24) is 30.2 Å². The zero-order valence-corrected chi connectivity index (χ0v) is 14.1. The molecule has 0 fully saturated rings. The summed E-state index contributed by atoms with van der Waals surface area (Å²) in [6.07, 6.45) is 3.13. The van der Waals surface area contributed by atoms with Gasteiger partial charge in [0.05, 0.1) is 5.69 Å². The van der Waals surface area contributed by atoms with Crippen LogP contribution >= 0.6 is 0 Å². The molecule has 0 radical (unpaired) electrons. The standard InChI is InChI=1S/C19H15N7O/c27-18(23-24-19-20-12-7-13-21-19)16-22-17(14-8-3-1-4-9-14)26(25-16)15-10-5-2-6-11-15/h1-13H,(H,23,27)(H,20,21,24). The van der Waals surface area contributed by atoms with Crippen molar-refractivity contribution in [1.29, 1.82) is 0 Å². The van der Waals surface area contributed by atoms with Crippen molar-refractivity contribution in [2.45, 2.75) is 0 Å². The van der Waals surface area contributed by atoms with Gasteiger partial charge in [-0.05, 0) is 18.2 Å². The Morgan fingerprint density at radius 1 is 0.852 bits per heavy atom. The van der Waals surface area contributed by atoms with Gasteiger partial charge in [0.1, 0.15) is 0 Å². The highest BCUT2D eigenvalue weighted by atomic mass is 16.2.